The highest BCUT2D eigenvalue weighted by Gasteiger charge is 2.37. The Labute approximate surface area is 210 Å². The van der Waals surface area contributed by atoms with E-state index in [0.29, 0.717) is 23.3 Å². The molecule has 192 valence electrons. The van der Waals surface area contributed by atoms with E-state index in [9.17, 15) is 20.1 Å². The number of rotatable bonds is 7. The van der Waals surface area contributed by atoms with E-state index in [-0.39, 0.29) is 45.6 Å². The zero-order valence-corrected chi connectivity index (χ0v) is 21.7. The van der Waals surface area contributed by atoms with Crippen LogP contribution in [0.1, 0.15) is 58.6 Å². The Morgan fingerprint density at radius 2 is 1.83 bits per heavy atom. The Hall–Kier alpha value is -3.45. The number of benzene rings is 2. The molecule has 0 saturated carbocycles. The zero-order valence-electron chi connectivity index (χ0n) is 21.7. The van der Waals surface area contributed by atoms with Crippen molar-refractivity contribution in [1.29, 1.82) is 0 Å². The second-order valence-electron chi connectivity index (χ2n) is 10.3. The van der Waals surface area contributed by atoms with Gasteiger partial charge >= 0.3 is 0 Å². The van der Waals surface area contributed by atoms with Crippen LogP contribution in [-0.4, -0.2) is 34.1 Å². The second kappa shape index (κ2) is 9.54. The average molecular weight is 495 g/mol. The molecule has 2 aromatic carbocycles. The minimum absolute atomic E-state index is 0.0412. The number of hydrogen-bond acceptors (Lipinski definition) is 7. The van der Waals surface area contributed by atoms with Crippen LogP contribution in [0.2, 0.25) is 0 Å². The van der Waals surface area contributed by atoms with Crippen LogP contribution in [0.4, 0.5) is 0 Å². The summed E-state index contributed by atoms with van der Waals surface area (Å²) < 4.78 is 17.4. The first-order valence-corrected chi connectivity index (χ1v) is 12.1. The van der Waals surface area contributed by atoms with E-state index in [4.69, 9.17) is 13.9 Å². The first-order chi connectivity index (χ1) is 16.9. The van der Waals surface area contributed by atoms with Crippen LogP contribution in [-0.2, 0) is 12.8 Å². The maximum atomic E-state index is 13.8. The SMILES string of the molecule is COc1c(O)cc2oc3cc4c(c(O)c3c(=O)c2c1CC=C(C)CCC=C(C)C)CC(C(C)(C)O)O4. The van der Waals surface area contributed by atoms with Crippen molar-refractivity contribution in [2.24, 2.45) is 0 Å². The van der Waals surface area contributed by atoms with Crippen molar-refractivity contribution in [3.8, 4) is 23.0 Å². The van der Waals surface area contributed by atoms with Gasteiger partial charge < -0.3 is 29.2 Å². The summed E-state index contributed by atoms with van der Waals surface area (Å²) in [6.07, 6.45) is 6.02. The van der Waals surface area contributed by atoms with Crippen molar-refractivity contribution in [3.63, 3.8) is 0 Å². The third kappa shape index (κ3) is 4.67. The van der Waals surface area contributed by atoms with Crippen molar-refractivity contribution in [1.82, 2.24) is 0 Å². The van der Waals surface area contributed by atoms with Crippen LogP contribution in [0.3, 0.4) is 0 Å². The molecule has 36 heavy (non-hydrogen) atoms. The number of aliphatic hydroxyl groups is 1. The topological polar surface area (TPSA) is 109 Å². The van der Waals surface area contributed by atoms with Crippen LogP contribution in [0.5, 0.6) is 23.0 Å². The van der Waals surface area contributed by atoms with Gasteiger partial charge in [0, 0.05) is 29.7 Å². The molecule has 0 bridgehead atoms. The number of phenolic OH excluding ortho intramolecular Hbond substituents is 2. The summed E-state index contributed by atoms with van der Waals surface area (Å²) in [5.74, 6) is 0.217. The van der Waals surface area contributed by atoms with Gasteiger partial charge in [0.15, 0.2) is 11.5 Å². The third-order valence-electron chi connectivity index (χ3n) is 6.72. The smallest absolute Gasteiger partial charge is 0.204 e. The van der Waals surface area contributed by atoms with Crippen molar-refractivity contribution in [2.75, 3.05) is 7.11 Å². The van der Waals surface area contributed by atoms with Crippen LogP contribution >= 0.6 is 0 Å². The Bertz CT molecular complexity index is 1450. The Balaban J connectivity index is 1.88. The van der Waals surface area contributed by atoms with Gasteiger partial charge in [-0.1, -0.05) is 23.3 Å². The van der Waals surface area contributed by atoms with E-state index in [1.165, 1.54) is 18.7 Å². The van der Waals surface area contributed by atoms with E-state index >= 15 is 0 Å². The number of ether oxygens (including phenoxy) is 2. The summed E-state index contributed by atoms with van der Waals surface area (Å²) in [6, 6.07) is 2.92. The molecule has 0 aliphatic carbocycles. The Morgan fingerprint density at radius 3 is 2.47 bits per heavy atom. The van der Waals surface area contributed by atoms with Crippen molar-refractivity contribution in [3.05, 3.63) is 56.8 Å². The first kappa shape index (κ1) is 25.6. The lowest BCUT2D eigenvalue weighted by molar-refractivity contribution is -0.0229. The van der Waals surface area contributed by atoms with Crippen LogP contribution in [0.25, 0.3) is 21.9 Å². The molecule has 4 rings (SSSR count). The summed E-state index contributed by atoms with van der Waals surface area (Å²) in [6.45, 7) is 9.42. The lowest BCUT2D eigenvalue weighted by Gasteiger charge is -2.24. The molecule has 1 atom stereocenters. The van der Waals surface area contributed by atoms with Gasteiger partial charge in [0.2, 0.25) is 5.43 Å². The highest BCUT2D eigenvalue weighted by Crippen LogP contribution is 2.44. The molecule has 0 fully saturated rings. The van der Waals surface area contributed by atoms with Gasteiger partial charge in [0.1, 0.15) is 34.2 Å². The maximum Gasteiger partial charge on any atom is 0.204 e. The molecule has 3 N–H and O–H groups in total. The molecule has 1 unspecified atom stereocenters. The lowest BCUT2D eigenvalue weighted by Crippen LogP contribution is -2.39. The number of phenols is 2. The van der Waals surface area contributed by atoms with Crippen LogP contribution in [0.15, 0.2) is 44.6 Å². The fourth-order valence-electron chi connectivity index (χ4n) is 4.68. The number of fused-ring (bicyclic) bond motifs is 3. The number of hydrogen-bond donors (Lipinski definition) is 3. The molecule has 0 amide bonds. The monoisotopic (exact) mass is 494 g/mol. The molecule has 1 aliphatic rings. The minimum atomic E-state index is -1.14. The van der Waals surface area contributed by atoms with E-state index < -0.39 is 17.1 Å². The molecule has 1 aliphatic heterocycles. The number of methoxy groups -OCH3 is 1. The first-order valence-electron chi connectivity index (χ1n) is 12.1. The summed E-state index contributed by atoms with van der Waals surface area (Å²) >= 11 is 0. The average Bonchev–Trinajstić information content (AvgIpc) is 3.22. The second-order valence-corrected chi connectivity index (χ2v) is 10.3. The van der Waals surface area contributed by atoms with Gasteiger partial charge in [-0.15, -0.1) is 0 Å². The third-order valence-corrected chi connectivity index (χ3v) is 6.72. The highest BCUT2D eigenvalue weighted by molar-refractivity contribution is 5.98. The van der Waals surface area contributed by atoms with Gasteiger partial charge in [-0.25, -0.2) is 0 Å². The maximum absolute atomic E-state index is 13.8. The van der Waals surface area contributed by atoms with Crippen molar-refractivity contribution >= 4 is 21.9 Å². The van der Waals surface area contributed by atoms with Crippen LogP contribution < -0.4 is 14.9 Å². The van der Waals surface area contributed by atoms with Gasteiger partial charge in [-0.05, 0) is 53.9 Å². The molecule has 0 saturated heterocycles. The fraction of sp³-hybridized carbons (Fsp3) is 0.414. The molecule has 7 heteroatoms. The molecule has 2 heterocycles. The van der Waals surface area contributed by atoms with E-state index in [2.05, 4.69) is 19.9 Å². The summed E-state index contributed by atoms with van der Waals surface area (Å²) in [5, 5.41) is 32.4. The van der Waals surface area contributed by atoms with Crippen molar-refractivity contribution in [2.45, 2.75) is 72.0 Å². The van der Waals surface area contributed by atoms with E-state index in [1.807, 2.05) is 13.0 Å². The minimum Gasteiger partial charge on any atom is -0.507 e. The summed E-state index contributed by atoms with van der Waals surface area (Å²) in [7, 11) is 1.44. The van der Waals surface area contributed by atoms with Crippen LogP contribution in [0, 0.1) is 0 Å². The molecular weight excluding hydrogens is 460 g/mol. The van der Waals surface area contributed by atoms with Gasteiger partial charge in [0.05, 0.1) is 18.1 Å². The lowest BCUT2D eigenvalue weighted by atomic mass is 9.95. The van der Waals surface area contributed by atoms with Gasteiger partial charge in [-0.2, -0.15) is 0 Å². The number of allylic oxidation sites excluding steroid dienone is 4. The molecule has 3 aromatic rings. The zero-order chi connectivity index (χ0) is 26.4. The number of aromatic hydroxyl groups is 2. The molecular formula is C29H34O7. The molecule has 0 radical (unpaired) electrons. The van der Waals surface area contributed by atoms with Crippen molar-refractivity contribution < 1.29 is 29.2 Å². The largest absolute Gasteiger partial charge is 0.507 e. The molecule has 1 aromatic heterocycles. The predicted octanol–water partition coefficient (Wildman–Crippen LogP) is 5.68. The highest BCUT2D eigenvalue weighted by atomic mass is 16.5. The summed E-state index contributed by atoms with van der Waals surface area (Å²) in [4.78, 5) is 13.8. The standard InChI is InChI=1S/C29H34O7/c1-15(2)8-7-9-16(3)10-11-17-24-21(13-19(30)28(17)34-6)35-22-14-20-18(26(31)25(22)27(24)32)12-23(36-20)29(4,5)33/h8,10,13-14,23,30-31,33H,7,9,11-12H2,1-6H3. The fourth-order valence-corrected chi connectivity index (χ4v) is 4.68. The quantitative estimate of drug-likeness (QED) is 0.286. The Kier molecular flexibility index (Phi) is 6.80. The van der Waals surface area contributed by atoms with E-state index in [1.54, 1.807) is 19.9 Å². The normalized spacial score (nSPS) is 15.8. The molecule has 7 nitrogen and oxygen atoms in total. The van der Waals surface area contributed by atoms with Gasteiger partial charge in [0.25, 0.3) is 0 Å². The van der Waals surface area contributed by atoms with Gasteiger partial charge in [-0.3, -0.25) is 4.79 Å². The van der Waals surface area contributed by atoms with E-state index in [0.717, 1.165) is 18.4 Å². The summed E-state index contributed by atoms with van der Waals surface area (Å²) in [5.41, 5.74) is 2.14. The Morgan fingerprint density at radius 1 is 1.14 bits per heavy atom. The predicted molar refractivity (Wildman–Crippen MR) is 140 cm³/mol. The molecule has 0 spiro atoms.